The number of benzene rings is 2. The van der Waals surface area contributed by atoms with Crippen LogP contribution in [0.15, 0.2) is 42.5 Å². The molecule has 0 saturated carbocycles. The number of primary amides is 1. The molecule has 0 unspecified atom stereocenters. The highest BCUT2D eigenvalue weighted by atomic mass is 127. The van der Waals surface area contributed by atoms with Crippen molar-refractivity contribution in [2.24, 2.45) is 5.73 Å². The second-order valence-electron chi connectivity index (χ2n) is 4.43. The minimum Gasteiger partial charge on any atom is -0.487 e. The van der Waals surface area contributed by atoms with E-state index in [4.69, 9.17) is 22.1 Å². The Morgan fingerprint density at radius 1 is 1.23 bits per heavy atom. The summed E-state index contributed by atoms with van der Waals surface area (Å²) in [5, 5.41) is 0.688. The fourth-order valence-corrected chi connectivity index (χ4v) is 4.08. The minimum absolute atomic E-state index is 0.405. The lowest BCUT2D eigenvalue weighted by Crippen LogP contribution is -2.05. The highest BCUT2D eigenvalue weighted by molar-refractivity contribution is 14.1. The van der Waals surface area contributed by atoms with Crippen LogP contribution in [0.3, 0.4) is 0 Å². The van der Waals surface area contributed by atoms with Gasteiger partial charge in [-0.25, -0.2) is 0 Å². The smallest absolute Gasteiger partial charge is 0.241 e. The summed E-state index contributed by atoms with van der Waals surface area (Å²) in [6.45, 7) is 0.405. The van der Waals surface area contributed by atoms with Gasteiger partial charge in [0.15, 0.2) is 0 Å². The Morgan fingerprint density at radius 3 is 2.45 bits per heavy atom. The number of rotatable bonds is 5. The van der Waals surface area contributed by atoms with Crippen LogP contribution in [0.5, 0.6) is 5.75 Å². The molecule has 2 N–H and O–H groups in total. The first kappa shape index (κ1) is 17.6. The van der Waals surface area contributed by atoms with Crippen LogP contribution < -0.4 is 10.5 Å². The van der Waals surface area contributed by atoms with Gasteiger partial charge in [-0.05, 0) is 75.0 Å². The van der Waals surface area contributed by atoms with Gasteiger partial charge in [-0.3, -0.25) is 4.79 Å². The van der Waals surface area contributed by atoms with Gasteiger partial charge in [0.2, 0.25) is 5.91 Å². The lowest BCUT2D eigenvalue weighted by atomic mass is 10.2. The summed E-state index contributed by atoms with van der Waals surface area (Å²) in [6, 6.07) is 11.5. The molecule has 0 atom stereocenters. The molecule has 114 valence electrons. The third-order valence-corrected chi connectivity index (χ3v) is 4.76. The molecule has 1 amide bonds. The van der Waals surface area contributed by atoms with Crippen molar-refractivity contribution in [3.8, 4) is 5.75 Å². The number of nitrogens with two attached hydrogens (primary N) is 1. The standard InChI is InChI=1S/C16H12ClI2NO2/c17-12-4-2-1-3-11(12)9-22-16-13(18)7-10(8-14(16)19)5-6-15(20)21/h1-8H,9H2,(H2,20,21)/b6-5-. The topological polar surface area (TPSA) is 52.3 Å². The lowest BCUT2D eigenvalue weighted by molar-refractivity contribution is -0.113. The molecule has 0 aromatic heterocycles. The van der Waals surface area contributed by atoms with E-state index >= 15 is 0 Å². The zero-order valence-corrected chi connectivity index (χ0v) is 16.4. The van der Waals surface area contributed by atoms with E-state index < -0.39 is 5.91 Å². The molecular weight excluding hydrogens is 527 g/mol. The lowest BCUT2D eigenvalue weighted by Gasteiger charge is -2.12. The molecule has 22 heavy (non-hydrogen) atoms. The molecule has 0 bridgehead atoms. The summed E-state index contributed by atoms with van der Waals surface area (Å²) in [7, 11) is 0. The van der Waals surface area contributed by atoms with Gasteiger partial charge in [0.05, 0.1) is 7.14 Å². The van der Waals surface area contributed by atoms with Gasteiger partial charge in [-0.1, -0.05) is 29.8 Å². The summed E-state index contributed by atoms with van der Waals surface area (Å²) in [4.78, 5) is 10.8. The maximum Gasteiger partial charge on any atom is 0.241 e. The first-order valence-electron chi connectivity index (χ1n) is 6.30. The molecule has 0 heterocycles. The van der Waals surface area contributed by atoms with E-state index in [9.17, 15) is 4.79 Å². The summed E-state index contributed by atoms with van der Waals surface area (Å²) in [6.07, 6.45) is 3.02. The molecule has 6 heteroatoms. The van der Waals surface area contributed by atoms with Crippen LogP contribution in [0, 0.1) is 7.14 Å². The van der Waals surface area contributed by atoms with Crippen LogP contribution in [0.4, 0.5) is 0 Å². The van der Waals surface area contributed by atoms with Crippen molar-refractivity contribution in [2.45, 2.75) is 6.61 Å². The molecule has 2 rings (SSSR count). The average Bonchev–Trinajstić information content (AvgIpc) is 2.46. The van der Waals surface area contributed by atoms with E-state index in [1.54, 1.807) is 6.08 Å². The van der Waals surface area contributed by atoms with Gasteiger partial charge in [0.1, 0.15) is 12.4 Å². The van der Waals surface area contributed by atoms with Crippen molar-refractivity contribution in [3.05, 3.63) is 65.8 Å². The molecular formula is C16H12ClI2NO2. The zero-order valence-electron chi connectivity index (χ0n) is 11.4. The summed E-state index contributed by atoms with van der Waals surface area (Å²) >= 11 is 10.5. The van der Waals surface area contributed by atoms with Crippen LogP contribution in [0.25, 0.3) is 6.08 Å². The molecule has 0 saturated heterocycles. The average molecular weight is 540 g/mol. The van der Waals surface area contributed by atoms with Crippen LogP contribution in [-0.4, -0.2) is 5.91 Å². The van der Waals surface area contributed by atoms with Crippen molar-refractivity contribution >= 4 is 68.8 Å². The number of hydrogen-bond acceptors (Lipinski definition) is 2. The van der Waals surface area contributed by atoms with Crippen molar-refractivity contribution in [1.82, 2.24) is 0 Å². The van der Waals surface area contributed by atoms with E-state index in [0.717, 1.165) is 24.0 Å². The van der Waals surface area contributed by atoms with E-state index in [0.29, 0.717) is 11.6 Å². The molecule has 0 radical (unpaired) electrons. The van der Waals surface area contributed by atoms with Crippen molar-refractivity contribution < 1.29 is 9.53 Å². The predicted molar refractivity (Wildman–Crippen MR) is 106 cm³/mol. The van der Waals surface area contributed by atoms with Gasteiger partial charge in [-0.15, -0.1) is 0 Å². The number of carbonyl (C=O) groups is 1. The van der Waals surface area contributed by atoms with Gasteiger partial charge >= 0.3 is 0 Å². The molecule has 0 fully saturated rings. The third kappa shape index (κ3) is 4.85. The Balaban J connectivity index is 2.18. The monoisotopic (exact) mass is 539 g/mol. The Labute approximate surface area is 161 Å². The fourth-order valence-electron chi connectivity index (χ4n) is 1.76. The Kier molecular flexibility index (Phi) is 6.51. The van der Waals surface area contributed by atoms with Crippen LogP contribution in [0.1, 0.15) is 11.1 Å². The number of amides is 1. The summed E-state index contributed by atoms with van der Waals surface area (Å²) in [5.74, 6) is 0.335. The Hall–Kier alpha value is -0.800. The third-order valence-electron chi connectivity index (χ3n) is 2.79. The van der Waals surface area contributed by atoms with Gasteiger partial charge in [-0.2, -0.15) is 0 Å². The number of ether oxygens (including phenoxy) is 1. The molecule has 0 aliphatic rings. The number of carbonyl (C=O) groups excluding carboxylic acids is 1. The second kappa shape index (κ2) is 8.16. The quantitative estimate of drug-likeness (QED) is 0.445. The molecule has 0 aliphatic carbocycles. The van der Waals surface area contributed by atoms with E-state index in [1.165, 1.54) is 6.08 Å². The van der Waals surface area contributed by atoms with Crippen molar-refractivity contribution in [1.29, 1.82) is 0 Å². The number of halogens is 3. The molecule has 3 nitrogen and oxygen atoms in total. The van der Waals surface area contributed by atoms with Crippen LogP contribution in [-0.2, 0) is 11.4 Å². The van der Waals surface area contributed by atoms with Gasteiger partial charge in [0, 0.05) is 16.7 Å². The predicted octanol–water partition coefficient (Wildman–Crippen LogP) is 4.63. The fraction of sp³-hybridized carbons (Fsp3) is 0.0625. The van der Waals surface area contributed by atoms with Crippen LogP contribution in [0.2, 0.25) is 5.02 Å². The number of hydrogen-bond donors (Lipinski definition) is 1. The Bertz CT molecular complexity index is 709. The maximum absolute atomic E-state index is 10.8. The largest absolute Gasteiger partial charge is 0.487 e. The van der Waals surface area contributed by atoms with Crippen molar-refractivity contribution in [2.75, 3.05) is 0 Å². The van der Waals surface area contributed by atoms with Gasteiger partial charge < -0.3 is 10.5 Å². The first-order valence-corrected chi connectivity index (χ1v) is 8.83. The SMILES string of the molecule is NC(=O)/C=C\c1cc(I)c(OCc2ccccc2Cl)c(I)c1. The van der Waals surface area contributed by atoms with E-state index in [1.807, 2.05) is 36.4 Å². The van der Waals surface area contributed by atoms with E-state index in [-0.39, 0.29) is 0 Å². The van der Waals surface area contributed by atoms with Crippen molar-refractivity contribution in [3.63, 3.8) is 0 Å². The maximum atomic E-state index is 10.8. The normalized spacial score (nSPS) is 10.9. The molecule has 2 aromatic rings. The minimum atomic E-state index is -0.468. The summed E-state index contributed by atoms with van der Waals surface area (Å²) < 4.78 is 7.82. The second-order valence-corrected chi connectivity index (χ2v) is 7.16. The van der Waals surface area contributed by atoms with E-state index in [2.05, 4.69) is 45.2 Å². The molecule has 0 spiro atoms. The first-order chi connectivity index (χ1) is 10.5. The zero-order chi connectivity index (χ0) is 16.1. The summed E-state index contributed by atoms with van der Waals surface area (Å²) in [5.41, 5.74) is 6.94. The van der Waals surface area contributed by atoms with Gasteiger partial charge in [0.25, 0.3) is 0 Å². The highest BCUT2D eigenvalue weighted by Crippen LogP contribution is 2.30. The Morgan fingerprint density at radius 2 is 1.86 bits per heavy atom. The van der Waals surface area contributed by atoms with Crippen LogP contribution >= 0.6 is 56.8 Å². The molecule has 0 aliphatic heterocycles. The molecule has 2 aromatic carbocycles. The highest BCUT2D eigenvalue weighted by Gasteiger charge is 2.09.